The zero-order valence-corrected chi connectivity index (χ0v) is 12.7. The maximum atomic E-state index is 11.2. The van der Waals surface area contributed by atoms with Crippen LogP contribution >= 0.6 is 15.9 Å². The predicted molar refractivity (Wildman–Crippen MR) is 81.1 cm³/mol. The summed E-state index contributed by atoms with van der Waals surface area (Å²) in [6, 6.07) is 5.96. The number of halogens is 1. The molecule has 0 fully saturated rings. The molecule has 1 aromatic carbocycles. The second-order valence-corrected chi connectivity index (χ2v) is 5.03. The molecule has 5 heteroatoms. The van der Waals surface area contributed by atoms with Crippen molar-refractivity contribution in [2.45, 2.75) is 13.5 Å². The van der Waals surface area contributed by atoms with E-state index in [1.807, 2.05) is 29.0 Å². The number of benzene rings is 1. The van der Waals surface area contributed by atoms with E-state index >= 15 is 0 Å². The lowest BCUT2D eigenvalue weighted by Gasteiger charge is -2.06. The Morgan fingerprint density at radius 2 is 2.35 bits per heavy atom. The Labute approximate surface area is 126 Å². The van der Waals surface area contributed by atoms with Gasteiger partial charge in [0.15, 0.2) is 0 Å². The quantitative estimate of drug-likeness (QED) is 0.622. The van der Waals surface area contributed by atoms with Crippen LogP contribution in [0.4, 0.5) is 0 Å². The van der Waals surface area contributed by atoms with Crippen molar-refractivity contribution in [3.63, 3.8) is 0 Å². The number of carbonyl (C=O) groups is 1. The summed E-state index contributed by atoms with van der Waals surface area (Å²) in [5, 5.41) is 0. The zero-order valence-electron chi connectivity index (χ0n) is 11.1. The molecule has 0 amide bonds. The van der Waals surface area contributed by atoms with Gasteiger partial charge in [0.05, 0.1) is 12.9 Å². The minimum absolute atomic E-state index is 0.328. The predicted octanol–water partition coefficient (Wildman–Crippen LogP) is 3.27. The van der Waals surface area contributed by atoms with Crippen molar-refractivity contribution in [1.82, 2.24) is 9.55 Å². The van der Waals surface area contributed by atoms with Crippen LogP contribution in [0.2, 0.25) is 0 Å². The minimum Gasteiger partial charge on any atom is -0.463 e. The van der Waals surface area contributed by atoms with Crippen molar-refractivity contribution in [3.8, 4) is 0 Å². The highest BCUT2D eigenvalue weighted by Crippen LogP contribution is 2.20. The number of hydrogen-bond acceptors (Lipinski definition) is 3. The molecular weight excluding hydrogens is 320 g/mol. The van der Waals surface area contributed by atoms with Crippen molar-refractivity contribution in [2.24, 2.45) is 0 Å². The highest BCUT2D eigenvalue weighted by atomic mass is 79.9. The standard InChI is InChI=1S/C15H15BrN2O2/c1-2-20-15(19)6-4-12-3-5-13(14(16)9-12)10-18-8-7-17-11-18/h3-9,11H,2,10H2,1H3. The normalized spacial score (nSPS) is 10.9. The molecule has 0 radical (unpaired) electrons. The summed E-state index contributed by atoms with van der Waals surface area (Å²) in [6.07, 6.45) is 8.62. The molecule has 0 aliphatic carbocycles. The van der Waals surface area contributed by atoms with E-state index in [2.05, 4.69) is 20.9 Å². The molecule has 0 atom stereocenters. The Balaban J connectivity index is 2.07. The Morgan fingerprint density at radius 3 is 3.00 bits per heavy atom. The first-order chi connectivity index (χ1) is 9.69. The van der Waals surface area contributed by atoms with Crippen LogP contribution < -0.4 is 0 Å². The average molecular weight is 335 g/mol. The van der Waals surface area contributed by atoms with Gasteiger partial charge in [-0.15, -0.1) is 0 Å². The molecule has 0 unspecified atom stereocenters. The molecule has 0 saturated carbocycles. The number of imidazole rings is 1. The van der Waals surface area contributed by atoms with Gasteiger partial charge in [-0.2, -0.15) is 0 Å². The summed E-state index contributed by atoms with van der Waals surface area (Å²) in [5.41, 5.74) is 2.09. The van der Waals surface area contributed by atoms with Crippen LogP contribution in [0, 0.1) is 0 Å². The third kappa shape index (κ3) is 4.06. The van der Waals surface area contributed by atoms with Crippen LogP contribution in [0.15, 0.2) is 47.5 Å². The van der Waals surface area contributed by atoms with Gasteiger partial charge in [0.25, 0.3) is 0 Å². The minimum atomic E-state index is -0.328. The van der Waals surface area contributed by atoms with Crippen LogP contribution in [0.1, 0.15) is 18.1 Å². The number of rotatable bonds is 5. The molecule has 20 heavy (non-hydrogen) atoms. The van der Waals surface area contributed by atoms with Gasteiger partial charge in [0.2, 0.25) is 0 Å². The third-order valence-corrected chi connectivity index (χ3v) is 3.43. The fourth-order valence-electron chi connectivity index (χ4n) is 1.73. The van der Waals surface area contributed by atoms with Crippen LogP contribution in [0.5, 0.6) is 0 Å². The summed E-state index contributed by atoms with van der Waals surface area (Å²) < 4.78 is 7.83. The van der Waals surface area contributed by atoms with Gasteiger partial charge in [0.1, 0.15) is 0 Å². The van der Waals surface area contributed by atoms with E-state index in [4.69, 9.17) is 4.74 Å². The van der Waals surface area contributed by atoms with Gasteiger partial charge >= 0.3 is 5.97 Å². The molecule has 1 heterocycles. The molecule has 0 aliphatic rings. The Bertz CT molecular complexity index is 606. The van der Waals surface area contributed by atoms with Gasteiger partial charge in [-0.3, -0.25) is 0 Å². The van der Waals surface area contributed by atoms with E-state index in [9.17, 15) is 4.79 Å². The van der Waals surface area contributed by atoms with Crippen LogP contribution in [-0.2, 0) is 16.1 Å². The molecule has 4 nitrogen and oxygen atoms in total. The highest BCUT2D eigenvalue weighted by molar-refractivity contribution is 9.10. The topological polar surface area (TPSA) is 44.1 Å². The van der Waals surface area contributed by atoms with Crippen molar-refractivity contribution < 1.29 is 9.53 Å². The van der Waals surface area contributed by atoms with E-state index < -0.39 is 0 Å². The molecular formula is C15H15BrN2O2. The summed E-state index contributed by atoms with van der Waals surface area (Å²) in [6.45, 7) is 2.92. The number of ether oxygens (including phenoxy) is 1. The Hall–Kier alpha value is -1.88. The summed E-state index contributed by atoms with van der Waals surface area (Å²) in [4.78, 5) is 15.3. The maximum absolute atomic E-state index is 11.2. The SMILES string of the molecule is CCOC(=O)C=Cc1ccc(Cn2ccnc2)c(Br)c1. The van der Waals surface area contributed by atoms with Crippen LogP contribution in [0.3, 0.4) is 0 Å². The molecule has 1 aromatic heterocycles. The number of carbonyl (C=O) groups excluding carboxylic acids is 1. The van der Waals surface area contributed by atoms with E-state index in [1.54, 1.807) is 25.5 Å². The molecule has 104 valence electrons. The lowest BCUT2D eigenvalue weighted by molar-refractivity contribution is -0.137. The van der Waals surface area contributed by atoms with Crippen molar-refractivity contribution in [2.75, 3.05) is 6.61 Å². The van der Waals surface area contributed by atoms with Crippen molar-refractivity contribution >= 4 is 28.0 Å². The number of esters is 1. The zero-order chi connectivity index (χ0) is 14.4. The summed E-state index contributed by atoms with van der Waals surface area (Å²) in [7, 11) is 0. The second-order valence-electron chi connectivity index (χ2n) is 4.17. The van der Waals surface area contributed by atoms with Crippen LogP contribution in [0.25, 0.3) is 6.08 Å². The maximum Gasteiger partial charge on any atom is 0.330 e. The van der Waals surface area contributed by atoms with Crippen molar-refractivity contribution in [3.05, 3.63) is 58.6 Å². The van der Waals surface area contributed by atoms with Gasteiger partial charge < -0.3 is 9.30 Å². The van der Waals surface area contributed by atoms with Gasteiger partial charge in [-0.25, -0.2) is 9.78 Å². The third-order valence-electron chi connectivity index (χ3n) is 2.69. The Kier molecular flexibility index (Phi) is 5.12. The largest absolute Gasteiger partial charge is 0.463 e. The van der Waals surface area contributed by atoms with Gasteiger partial charge in [-0.1, -0.05) is 28.1 Å². The van der Waals surface area contributed by atoms with E-state index in [0.29, 0.717) is 6.61 Å². The first kappa shape index (κ1) is 14.5. The smallest absolute Gasteiger partial charge is 0.330 e. The first-order valence-corrected chi connectivity index (χ1v) is 7.07. The Morgan fingerprint density at radius 1 is 1.50 bits per heavy atom. The van der Waals surface area contributed by atoms with E-state index in [-0.39, 0.29) is 5.97 Å². The molecule has 2 rings (SSSR count). The molecule has 2 aromatic rings. The first-order valence-electron chi connectivity index (χ1n) is 6.28. The fraction of sp³-hybridized carbons (Fsp3) is 0.200. The van der Waals surface area contributed by atoms with Gasteiger partial charge in [-0.05, 0) is 30.2 Å². The molecule has 0 N–H and O–H groups in total. The van der Waals surface area contributed by atoms with E-state index in [1.165, 1.54) is 6.08 Å². The summed E-state index contributed by atoms with van der Waals surface area (Å²) >= 11 is 3.55. The molecule has 0 aliphatic heterocycles. The van der Waals surface area contributed by atoms with E-state index in [0.717, 1.165) is 22.1 Å². The van der Waals surface area contributed by atoms with Crippen molar-refractivity contribution in [1.29, 1.82) is 0 Å². The number of hydrogen-bond donors (Lipinski definition) is 0. The average Bonchev–Trinajstić information content (AvgIpc) is 2.92. The highest BCUT2D eigenvalue weighted by Gasteiger charge is 2.02. The lowest BCUT2D eigenvalue weighted by atomic mass is 10.1. The molecule has 0 bridgehead atoms. The molecule has 0 spiro atoms. The van der Waals surface area contributed by atoms with Gasteiger partial charge in [0, 0.05) is 29.5 Å². The molecule has 0 saturated heterocycles. The van der Waals surface area contributed by atoms with Crippen LogP contribution in [-0.4, -0.2) is 22.1 Å². The summed E-state index contributed by atoms with van der Waals surface area (Å²) in [5.74, 6) is -0.328. The lowest BCUT2D eigenvalue weighted by Crippen LogP contribution is -1.99. The monoisotopic (exact) mass is 334 g/mol. The number of nitrogens with zero attached hydrogens (tertiary/aromatic N) is 2. The number of aromatic nitrogens is 2. The second kappa shape index (κ2) is 7.05. The fourth-order valence-corrected chi connectivity index (χ4v) is 2.25.